The van der Waals surface area contributed by atoms with Gasteiger partial charge in [0.2, 0.25) is 11.8 Å². The van der Waals surface area contributed by atoms with Crippen molar-refractivity contribution < 1.29 is 14.3 Å². The quantitative estimate of drug-likeness (QED) is 0.332. The molecule has 1 aromatic carbocycles. The number of hydrogen-bond acceptors (Lipinski definition) is 4. The molecule has 1 aromatic heterocycles. The van der Waals surface area contributed by atoms with Gasteiger partial charge in [0.05, 0.1) is 18.9 Å². The van der Waals surface area contributed by atoms with Gasteiger partial charge in [-0.2, -0.15) is 0 Å². The minimum Gasteiger partial charge on any atom is -0.378 e. The van der Waals surface area contributed by atoms with E-state index in [0.717, 1.165) is 62.5 Å². The van der Waals surface area contributed by atoms with Crippen molar-refractivity contribution in [1.29, 1.82) is 0 Å². The molecule has 2 amide bonds. The highest BCUT2D eigenvalue weighted by atomic mass is 79.9. The van der Waals surface area contributed by atoms with Gasteiger partial charge in [0.1, 0.15) is 0 Å². The Hall–Kier alpha value is -1.77. The van der Waals surface area contributed by atoms with Crippen LogP contribution in [0.25, 0.3) is 0 Å². The van der Waals surface area contributed by atoms with E-state index in [1.807, 2.05) is 11.1 Å². The Labute approximate surface area is 249 Å². The molecular formula is C31H39Br2N3O3. The molecular weight excluding hydrogens is 622 g/mol. The number of aromatic nitrogens is 1. The first kappa shape index (κ1) is 28.7. The lowest BCUT2D eigenvalue weighted by Crippen LogP contribution is -2.40. The van der Waals surface area contributed by atoms with Gasteiger partial charge in [0, 0.05) is 60.1 Å². The second-order valence-electron chi connectivity index (χ2n) is 11.3. The van der Waals surface area contributed by atoms with E-state index in [0.29, 0.717) is 45.1 Å². The molecule has 8 heteroatoms. The van der Waals surface area contributed by atoms with Crippen LogP contribution < -0.4 is 0 Å². The highest BCUT2D eigenvalue weighted by molar-refractivity contribution is 9.10. The fraction of sp³-hybridized carbons (Fsp3) is 0.581. The number of benzene rings is 1. The molecule has 0 spiro atoms. The van der Waals surface area contributed by atoms with Crippen LogP contribution in [0.1, 0.15) is 78.8 Å². The zero-order valence-electron chi connectivity index (χ0n) is 22.9. The fourth-order valence-corrected chi connectivity index (χ4v) is 7.80. The Morgan fingerprint density at radius 1 is 0.897 bits per heavy atom. The molecule has 1 atom stereocenters. The van der Waals surface area contributed by atoms with Gasteiger partial charge in [-0.3, -0.25) is 14.6 Å². The van der Waals surface area contributed by atoms with Gasteiger partial charge in [-0.05, 0) is 102 Å². The SMILES string of the molecule is Cc1cc(Br)c2c(c1)CCc1cc(Br)cnc1[C@@H]2C1CCN(C(=O)CCCCCC(=O)N2CCOCC2)CC1. The van der Waals surface area contributed by atoms with Crippen LogP contribution in [-0.2, 0) is 27.2 Å². The van der Waals surface area contributed by atoms with Crippen molar-refractivity contribution in [2.45, 2.75) is 70.6 Å². The summed E-state index contributed by atoms with van der Waals surface area (Å²) in [6.07, 6.45) is 9.70. The zero-order chi connectivity index (χ0) is 27.4. The molecule has 1 aliphatic carbocycles. The molecule has 5 rings (SSSR count). The van der Waals surface area contributed by atoms with E-state index in [-0.39, 0.29) is 17.7 Å². The fourth-order valence-electron chi connectivity index (χ4n) is 6.56. The molecule has 0 bridgehead atoms. The number of likely N-dealkylation sites (tertiary alicyclic amines) is 1. The summed E-state index contributed by atoms with van der Waals surface area (Å²) in [6, 6.07) is 6.83. The molecule has 0 saturated carbocycles. The molecule has 2 fully saturated rings. The lowest BCUT2D eigenvalue weighted by Gasteiger charge is -2.37. The molecule has 2 aliphatic heterocycles. The number of rotatable bonds is 7. The number of piperidine rings is 1. The maximum atomic E-state index is 13.0. The first-order chi connectivity index (χ1) is 18.9. The topological polar surface area (TPSA) is 62.7 Å². The molecule has 0 unspecified atom stereocenters. The van der Waals surface area contributed by atoms with E-state index >= 15 is 0 Å². The van der Waals surface area contributed by atoms with Gasteiger partial charge < -0.3 is 14.5 Å². The molecule has 39 heavy (non-hydrogen) atoms. The molecule has 3 heterocycles. The third-order valence-electron chi connectivity index (χ3n) is 8.61. The summed E-state index contributed by atoms with van der Waals surface area (Å²) in [6.45, 7) is 6.47. The summed E-state index contributed by atoms with van der Waals surface area (Å²) in [7, 11) is 0. The normalized spacial score (nSPS) is 19.8. The van der Waals surface area contributed by atoms with Gasteiger partial charge in [-0.15, -0.1) is 0 Å². The van der Waals surface area contributed by atoms with Crippen molar-refractivity contribution in [3.63, 3.8) is 0 Å². The van der Waals surface area contributed by atoms with Crippen molar-refractivity contribution in [1.82, 2.24) is 14.8 Å². The summed E-state index contributed by atoms with van der Waals surface area (Å²) in [4.78, 5) is 34.3. The Bertz CT molecular complexity index is 1190. The molecule has 0 N–H and O–H groups in total. The second kappa shape index (κ2) is 13.3. The number of carbonyl (C=O) groups is 2. The number of pyridine rings is 1. The van der Waals surface area contributed by atoms with Gasteiger partial charge >= 0.3 is 0 Å². The number of aryl methyl sites for hydroxylation is 3. The smallest absolute Gasteiger partial charge is 0.222 e. The predicted molar refractivity (Wildman–Crippen MR) is 160 cm³/mol. The number of nitrogens with zero attached hydrogens (tertiary/aromatic N) is 3. The number of morpholine rings is 1. The number of carbonyl (C=O) groups excluding carboxylic acids is 2. The Kier molecular flexibility index (Phi) is 9.78. The van der Waals surface area contributed by atoms with Gasteiger partial charge in [-0.25, -0.2) is 0 Å². The van der Waals surface area contributed by atoms with E-state index in [4.69, 9.17) is 9.72 Å². The Balaban J connectivity index is 1.17. The summed E-state index contributed by atoms with van der Waals surface area (Å²) in [5.41, 5.74) is 6.64. The van der Waals surface area contributed by atoms with E-state index < -0.39 is 0 Å². The minimum atomic E-state index is 0.219. The largest absolute Gasteiger partial charge is 0.378 e. The lowest BCUT2D eigenvalue weighted by atomic mass is 9.76. The number of hydrogen-bond donors (Lipinski definition) is 0. The van der Waals surface area contributed by atoms with Crippen LogP contribution in [0.15, 0.2) is 33.3 Å². The summed E-state index contributed by atoms with van der Waals surface area (Å²) in [5, 5.41) is 0. The van der Waals surface area contributed by atoms with E-state index in [1.54, 1.807) is 0 Å². The average Bonchev–Trinajstić information content (AvgIpc) is 3.10. The lowest BCUT2D eigenvalue weighted by molar-refractivity contribution is -0.135. The maximum absolute atomic E-state index is 13.0. The number of amides is 2. The third-order valence-corrected chi connectivity index (χ3v) is 9.70. The van der Waals surface area contributed by atoms with Crippen LogP contribution in [0.4, 0.5) is 0 Å². The van der Waals surface area contributed by atoms with Crippen LogP contribution >= 0.6 is 31.9 Å². The zero-order valence-corrected chi connectivity index (χ0v) is 26.1. The van der Waals surface area contributed by atoms with Crippen LogP contribution in [-0.4, -0.2) is 66.0 Å². The number of fused-ring (bicyclic) bond motifs is 2. The predicted octanol–water partition coefficient (Wildman–Crippen LogP) is 6.19. The van der Waals surface area contributed by atoms with Gasteiger partial charge in [0.15, 0.2) is 0 Å². The number of ether oxygens (including phenoxy) is 1. The highest BCUT2D eigenvalue weighted by Gasteiger charge is 2.36. The summed E-state index contributed by atoms with van der Waals surface area (Å²) < 4.78 is 7.55. The van der Waals surface area contributed by atoms with Crippen LogP contribution in [0.2, 0.25) is 0 Å². The van der Waals surface area contributed by atoms with Crippen molar-refractivity contribution in [3.8, 4) is 0 Å². The van der Waals surface area contributed by atoms with Crippen LogP contribution in [0.5, 0.6) is 0 Å². The van der Waals surface area contributed by atoms with Gasteiger partial charge in [-0.1, -0.05) is 28.4 Å². The average molecular weight is 661 g/mol. The van der Waals surface area contributed by atoms with Crippen molar-refractivity contribution in [2.24, 2.45) is 5.92 Å². The molecule has 0 radical (unpaired) electrons. The van der Waals surface area contributed by atoms with Crippen LogP contribution in [0, 0.1) is 12.8 Å². The molecule has 210 valence electrons. The number of halogens is 2. The maximum Gasteiger partial charge on any atom is 0.222 e. The third kappa shape index (κ3) is 6.94. The van der Waals surface area contributed by atoms with Crippen molar-refractivity contribution in [2.75, 3.05) is 39.4 Å². The van der Waals surface area contributed by atoms with Crippen molar-refractivity contribution in [3.05, 3.63) is 61.3 Å². The Morgan fingerprint density at radius 3 is 2.23 bits per heavy atom. The standard InChI is InChI=1S/C31H39Br2N3O3/c1-21-17-23-7-8-24-19-25(32)20-34-31(24)30(29(23)26(33)18-21)22-9-11-35(12-10-22)27(37)5-3-2-4-6-28(38)36-13-15-39-16-14-36/h17-20,22,30H,2-16H2,1H3/t30-/m1/s1. The van der Waals surface area contributed by atoms with E-state index in [9.17, 15) is 9.59 Å². The summed E-state index contributed by atoms with van der Waals surface area (Å²) in [5.74, 6) is 1.16. The van der Waals surface area contributed by atoms with Crippen LogP contribution in [0.3, 0.4) is 0 Å². The van der Waals surface area contributed by atoms with Crippen molar-refractivity contribution >= 4 is 43.7 Å². The van der Waals surface area contributed by atoms with E-state index in [2.05, 4.69) is 61.9 Å². The molecule has 2 saturated heterocycles. The number of unbranched alkanes of at least 4 members (excludes halogenated alkanes) is 2. The van der Waals surface area contributed by atoms with Gasteiger partial charge in [0.25, 0.3) is 0 Å². The monoisotopic (exact) mass is 659 g/mol. The van der Waals surface area contributed by atoms with E-state index in [1.165, 1.54) is 32.4 Å². The minimum absolute atomic E-state index is 0.219. The highest BCUT2D eigenvalue weighted by Crippen LogP contribution is 2.45. The second-order valence-corrected chi connectivity index (χ2v) is 13.0. The summed E-state index contributed by atoms with van der Waals surface area (Å²) >= 11 is 7.55. The first-order valence-electron chi connectivity index (χ1n) is 14.5. The molecule has 3 aliphatic rings. The Morgan fingerprint density at radius 2 is 1.54 bits per heavy atom. The molecule has 2 aromatic rings. The first-order valence-corrected chi connectivity index (χ1v) is 16.1. The molecule has 6 nitrogen and oxygen atoms in total.